The van der Waals surface area contributed by atoms with E-state index in [4.69, 9.17) is 0 Å². The molecule has 4 heteroatoms. The van der Waals surface area contributed by atoms with Crippen LogP contribution in [-0.4, -0.2) is 47.7 Å². The van der Waals surface area contributed by atoms with E-state index >= 15 is 0 Å². The van der Waals surface area contributed by atoms with E-state index in [-0.39, 0.29) is 5.75 Å². The van der Waals surface area contributed by atoms with Crippen LogP contribution in [0.15, 0.2) is 30.5 Å². The number of nitrogens with zero attached hydrogens (tertiary/aromatic N) is 2. The van der Waals surface area contributed by atoms with Crippen LogP contribution in [0, 0.1) is 0 Å². The molecule has 0 unspecified atom stereocenters. The third-order valence-corrected chi connectivity index (χ3v) is 3.75. The van der Waals surface area contributed by atoms with Crippen LogP contribution in [0.4, 0.5) is 0 Å². The molecule has 2 N–H and O–H groups in total. The molecule has 3 rings (SSSR count). The van der Waals surface area contributed by atoms with Gasteiger partial charge >= 0.3 is 0 Å². The second-order valence-corrected chi connectivity index (χ2v) is 4.99. The minimum absolute atomic E-state index is 0.265. The Morgan fingerprint density at radius 1 is 1.21 bits per heavy atom. The monoisotopic (exact) mass is 257 g/mol. The van der Waals surface area contributed by atoms with E-state index in [1.165, 1.54) is 5.56 Å². The van der Waals surface area contributed by atoms with Crippen molar-refractivity contribution in [2.45, 2.75) is 6.42 Å². The van der Waals surface area contributed by atoms with Crippen LogP contribution in [0.2, 0.25) is 0 Å². The van der Waals surface area contributed by atoms with Gasteiger partial charge in [-0.25, -0.2) is 0 Å². The van der Waals surface area contributed by atoms with Crippen LogP contribution in [-0.2, 0) is 6.42 Å². The summed E-state index contributed by atoms with van der Waals surface area (Å²) in [6.45, 7) is 5.47. The minimum Gasteiger partial charge on any atom is -0.506 e. The standard InChI is InChI=1S/C15H19N3O/c19-14-4-3-12(13-2-1-6-17-15(13)14)5-9-18-10-7-16-8-11-18/h1-4,6,16,19H,5,7-11H2. The van der Waals surface area contributed by atoms with Crippen LogP contribution >= 0.6 is 0 Å². The zero-order valence-corrected chi connectivity index (χ0v) is 11.0. The van der Waals surface area contributed by atoms with E-state index in [0.29, 0.717) is 5.52 Å². The highest BCUT2D eigenvalue weighted by atomic mass is 16.3. The molecule has 1 aliphatic heterocycles. The lowest BCUT2D eigenvalue weighted by atomic mass is 10.0. The van der Waals surface area contributed by atoms with Gasteiger partial charge in [-0.3, -0.25) is 4.98 Å². The van der Waals surface area contributed by atoms with Crippen molar-refractivity contribution in [3.8, 4) is 5.75 Å². The smallest absolute Gasteiger partial charge is 0.141 e. The Morgan fingerprint density at radius 2 is 2.05 bits per heavy atom. The predicted molar refractivity (Wildman–Crippen MR) is 76.4 cm³/mol. The normalized spacial score (nSPS) is 16.8. The van der Waals surface area contributed by atoms with Gasteiger partial charge in [0.15, 0.2) is 0 Å². The van der Waals surface area contributed by atoms with Gasteiger partial charge in [-0.1, -0.05) is 12.1 Å². The molecule has 4 nitrogen and oxygen atoms in total. The van der Waals surface area contributed by atoms with Crippen molar-refractivity contribution in [1.82, 2.24) is 15.2 Å². The van der Waals surface area contributed by atoms with Crippen LogP contribution in [0.3, 0.4) is 0 Å². The Hall–Kier alpha value is -1.65. The Bertz CT molecular complexity index is 564. The Balaban J connectivity index is 1.79. The Morgan fingerprint density at radius 3 is 2.89 bits per heavy atom. The number of fused-ring (bicyclic) bond motifs is 1. The van der Waals surface area contributed by atoms with Crippen molar-refractivity contribution in [3.63, 3.8) is 0 Å². The maximum atomic E-state index is 9.83. The second-order valence-electron chi connectivity index (χ2n) is 4.99. The molecule has 0 bridgehead atoms. The summed E-state index contributed by atoms with van der Waals surface area (Å²) in [5, 5.41) is 14.3. The molecule has 2 aromatic rings. The number of hydrogen-bond donors (Lipinski definition) is 2. The number of pyridine rings is 1. The summed E-state index contributed by atoms with van der Waals surface area (Å²) in [7, 11) is 0. The van der Waals surface area contributed by atoms with Gasteiger partial charge in [0.05, 0.1) is 0 Å². The fourth-order valence-electron chi connectivity index (χ4n) is 2.65. The molecule has 0 amide bonds. The Kier molecular flexibility index (Phi) is 3.62. The first-order valence-electron chi connectivity index (χ1n) is 6.83. The van der Waals surface area contributed by atoms with E-state index in [9.17, 15) is 5.11 Å². The van der Waals surface area contributed by atoms with Crippen molar-refractivity contribution in [1.29, 1.82) is 0 Å². The summed E-state index contributed by atoms with van der Waals surface area (Å²) in [4.78, 5) is 6.74. The van der Waals surface area contributed by atoms with E-state index in [2.05, 4.69) is 15.2 Å². The number of piperazine rings is 1. The fraction of sp³-hybridized carbons (Fsp3) is 0.400. The molecule has 100 valence electrons. The van der Waals surface area contributed by atoms with E-state index in [0.717, 1.165) is 44.5 Å². The molecule has 19 heavy (non-hydrogen) atoms. The first-order valence-corrected chi connectivity index (χ1v) is 6.83. The van der Waals surface area contributed by atoms with Crippen molar-refractivity contribution in [3.05, 3.63) is 36.0 Å². The second kappa shape index (κ2) is 5.55. The zero-order chi connectivity index (χ0) is 13.1. The average molecular weight is 257 g/mol. The molecule has 0 spiro atoms. The molecule has 0 saturated carbocycles. The number of rotatable bonds is 3. The molecule has 0 atom stereocenters. The minimum atomic E-state index is 0.265. The van der Waals surface area contributed by atoms with Gasteiger partial charge < -0.3 is 15.3 Å². The van der Waals surface area contributed by atoms with E-state index < -0.39 is 0 Å². The van der Waals surface area contributed by atoms with Gasteiger partial charge in [0, 0.05) is 44.3 Å². The van der Waals surface area contributed by atoms with Crippen LogP contribution in [0.5, 0.6) is 5.75 Å². The number of aromatic hydroxyl groups is 1. The van der Waals surface area contributed by atoms with Crippen molar-refractivity contribution in [2.24, 2.45) is 0 Å². The van der Waals surface area contributed by atoms with Gasteiger partial charge in [0.25, 0.3) is 0 Å². The van der Waals surface area contributed by atoms with Crippen molar-refractivity contribution in [2.75, 3.05) is 32.7 Å². The van der Waals surface area contributed by atoms with Crippen molar-refractivity contribution < 1.29 is 5.11 Å². The number of hydrogen-bond acceptors (Lipinski definition) is 4. The lowest BCUT2D eigenvalue weighted by molar-refractivity contribution is 0.244. The fourth-order valence-corrected chi connectivity index (χ4v) is 2.65. The predicted octanol–water partition coefficient (Wildman–Crippen LogP) is 1.39. The largest absolute Gasteiger partial charge is 0.506 e. The number of phenols is 1. The third-order valence-electron chi connectivity index (χ3n) is 3.75. The van der Waals surface area contributed by atoms with Crippen LogP contribution in [0.1, 0.15) is 5.56 Å². The summed E-state index contributed by atoms with van der Waals surface area (Å²) >= 11 is 0. The molecule has 0 radical (unpaired) electrons. The van der Waals surface area contributed by atoms with Crippen molar-refractivity contribution >= 4 is 10.9 Å². The van der Waals surface area contributed by atoms with Gasteiger partial charge in [0.2, 0.25) is 0 Å². The summed E-state index contributed by atoms with van der Waals surface area (Å²) in [6, 6.07) is 7.73. The summed E-state index contributed by atoms with van der Waals surface area (Å²) in [5.74, 6) is 0.265. The molecule has 0 aliphatic carbocycles. The van der Waals surface area contributed by atoms with E-state index in [1.807, 2.05) is 18.2 Å². The zero-order valence-electron chi connectivity index (χ0n) is 11.0. The summed E-state index contributed by atoms with van der Waals surface area (Å²) in [5.41, 5.74) is 1.97. The number of nitrogens with one attached hydrogen (secondary N) is 1. The maximum absolute atomic E-state index is 9.83. The lowest BCUT2D eigenvalue weighted by Crippen LogP contribution is -2.44. The van der Waals surface area contributed by atoms with E-state index in [1.54, 1.807) is 12.3 Å². The first-order chi connectivity index (χ1) is 9.34. The number of aromatic nitrogens is 1. The number of benzene rings is 1. The maximum Gasteiger partial charge on any atom is 0.141 e. The molecule has 1 saturated heterocycles. The van der Waals surface area contributed by atoms with Gasteiger partial charge in [-0.2, -0.15) is 0 Å². The lowest BCUT2D eigenvalue weighted by Gasteiger charge is -2.27. The number of phenolic OH excluding ortho intramolecular Hbond substituents is 1. The van der Waals surface area contributed by atoms with Gasteiger partial charge in [-0.05, 0) is 24.1 Å². The highest BCUT2D eigenvalue weighted by molar-refractivity contribution is 5.87. The highest BCUT2D eigenvalue weighted by Crippen LogP contribution is 2.25. The molecular weight excluding hydrogens is 238 g/mol. The SMILES string of the molecule is Oc1ccc(CCN2CCNCC2)c2cccnc12. The molecule has 2 heterocycles. The Labute approximate surface area is 113 Å². The first kappa shape index (κ1) is 12.4. The van der Waals surface area contributed by atoms with Gasteiger partial charge in [-0.15, -0.1) is 0 Å². The summed E-state index contributed by atoms with van der Waals surface area (Å²) in [6.07, 6.45) is 2.73. The van der Waals surface area contributed by atoms with Crippen LogP contribution in [0.25, 0.3) is 10.9 Å². The quantitative estimate of drug-likeness (QED) is 0.872. The highest BCUT2D eigenvalue weighted by Gasteiger charge is 2.11. The molecule has 1 aliphatic rings. The third kappa shape index (κ3) is 2.69. The molecule has 1 aromatic carbocycles. The summed E-state index contributed by atoms with van der Waals surface area (Å²) < 4.78 is 0. The molecular formula is C15H19N3O. The van der Waals surface area contributed by atoms with Gasteiger partial charge in [0.1, 0.15) is 11.3 Å². The molecule has 1 aromatic heterocycles. The average Bonchev–Trinajstić information content (AvgIpc) is 2.48. The topological polar surface area (TPSA) is 48.4 Å². The molecule has 1 fully saturated rings. The van der Waals surface area contributed by atoms with Crippen LogP contribution < -0.4 is 5.32 Å².